The number of ether oxygens (including phenoxy) is 1. The van der Waals surface area contributed by atoms with Crippen LogP contribution >= 0.6 is 22.3 Å². The molecular formula is C11H11Cl2N3O3S. The lowest BCUT2D eigenvalue weighted by atomic mass is 10.2. The number of hydrogen-bond acceptors (Lipinski definition) is 5. The van der Waals surface area contributed by atoms with E-state index in [2.05, 4.69) is 10.2 Å². The van der Waals surface area contributed by atoms with Gasteiger partial charge in [-0.05, 0) is 12.1 Å². The van der Waals surface area contributed by atoms with Crippen molar-refractivity contribution < 1.29 is 13.2 Å². The summed E-state index contributed by atoms with van der Waals surface area (Å²) in [5.74, 6) is 0.326. The van der Waals surface area contributed by atoms with E-state index < -0.39 is 9.05 Å². The molecule has 6 nitrogen and oxygen atoms in total. The molecule has 1 aromatic carbocycles. The number of aromatic nitrogens is 3. The maximum Gasteiger partial charge on any atom is 0.296 e. The van der Waals surface area contributed by atoms with Crippen LogP contribution in [0.4, 0.5) is 0 Å². The molecule has 0 unspecified atom stereocenters. The molecule has 2 aromatic rings. The van der Waals surface area contributed by atoms with Crippen molar-refractivity contribution in [2.24, 2.45) is 0 Å². The summed E-state index contributed by atoms with van der Waals surface area (Å²) in [6.07, 6.45) is 0. The third-order valence-electron chi connectivity index (χ3n) is 2.57. The zero-order valence-corrected chi connectivity index (χ0v) is 12.8. The molecule has 108 valence electrons. The minimum absolute atomic E-state index is 0.241. The van der Waals surface area contributed by atoms with Gasteiger partial charge >= 0.3 is 0 Å². The summed E-state index contributed by atoms with van der Waals surface area (Å²) >= 11 is 6.09. The molecular weight excluding hydrogens is 325 g/mol. The highest BCUT2D eigenvalue weighted by molar-refractivity contribution is 8.13. The van der Waals surface area contributed by atoms with Gasteiger partial charge in [-0.3, -0.25) is 4.57 Å². The lowest BCUT2D eigenvalue weighted by Crippen LogP contribution is -2.11. The third kappa shape index (κ3) is 3.12. The minimum atomic E-state index is -4.00. The molecule has 0 aliphatic heterocycles. The van der Waals surface area contributed by atoms with Crippen LogP contribution in [0.25, 0.3) is 11.4 Å². The van der Waals surface area contributed by atoms with Gasteiger partial charge < -0.3 is 4.74 Å². The maximum atomic E-state index is 11.5. The molecule has 0 N–H and O–H groups in total. The zero-order valence-electron chi connectivity index (χ0n) is 10.5. The first-order valence-electron chi connectivity index (χ1n) is 5.57. The van der Waals surface area contributed by atoms with Crippen molar-refractivity contribution in [1.29, 1.82) is 0 Å². The topological polar surface area (TPSA) is 74.1 Å². The van der Waals surface area contributed by atoms with Gasteiger partial charge in [0.05, 0.1) is 18.2 Å². The minimum Gasteiger partial charge on any atom is -0.383 e. The van der Waals surface area contributed by atoms with Crippen LogP contribution in [-0.4, -0.2) is 36.9 Å². The summed E-state index contributed by atoms with van der Waals surface area (Å²) in [6, 6.07) is 6.94. The van der Waals surface area contributed by atoms with E-state index in [0.717, 1.165) is 0 Å². The Balaban J connectivity index is 2.60. The van der Waals surface area contributed by atoms with E-state index in [0.29, 0.717) is 16.4 Å². The Bertz CT molecular complexity index is 715. The van der Waals surface area contributed by atoms with Gasteiger partial charge in [-0.25, -0.2) is 8.42 Å². The van der Waals surface area contributed by atoms with Crippen molar-refractivity contribution in [3.05, 3.63) is 29.3 Å². The number of rotatable bonds is 5. The van der Waals surface area contributed by atoms with Gasteiger partial charge in [0.25, 0.3) is 14.2 Å². The molecule has 0 radical (unpaired) electrons. The van der Waals surface area contributed by atoms with E-state index in [1.165, 1.54) is 11.7 Å². The van der Waals surface area contributed by atoms with Crippen molar-refractivity contribution in [3.8, 4) is 11.4 Å². The summed E-state index contributed by atoms with van der Waals surface area (Å²) in [6.45, 7) is 0.528. The van der Waals surface area contributed by atoms with E-state index in [4.69, 9.17) is 27.0 Å². The first-order valence-corrected chi connectivity index (χ1v) is 8.25. The molecule has 2 rings (SSSR count). The largest absolute Gasteiger partial charge is 0.383 e. The molecule has 9 heteroatoms. The summed E-state index contributed by atoms with van der Waals surface area (Å²) in [5.41, 5.74) is 0.573. The smallest absolute Gasteiger partial charge is 0.296 e. The number of hydrogen-bond donors (Lipinski definition) is 0. The highest BCUT2D eigenvalue weighted by atomic mass is 35.7. The van der Waals surface area contributed by atoms with Crippen molar-refractivity contribution >= 4 is 31.3 Å². The van der Waals surface area contributed by atoms with Gasteiger partial charge in [0.2, 0.25) is 0 Å². The first-order chi connectivity index (χ1) is 9.45. The number of halogens is 2. The van der Waals surface area contributed by atoms with Crippen molar-refractivity contribution in [1.82, 2.24) is 14.8 Å². The van der Waals surface area contributed by atoms with Crippen LogP contribution < -0.4 is 0 Å². The van der Waals surface area contributed by atoms with Gasteiger partial charge in [-0.2, -0.15) is 0 Å². The molecule has 0 atom stereocenters. The molecule has 0 bridgehead atoms. The van der Waals surface area contributed by atoms with Crippen LogP contribution in [0.5, 0.6) is 0 Å². The standard InChI is InChI=1S/C11H11Cl2N3O3S/c1-19-7-6-16-10(8-4-2-3-5-9(8)12)14-15-11(16)20(13,17)18/h2-5H,6-7H2,1H3. The van der Waals surface area contributed by atoms with E-state index in [1.807, 2.05) is 0 Å². The summed E-state index contributed by atoms with van der Waals surface area (Å²) in [7, 11) is 2.87. The second-order valence-corrected chi connectivity index (χ2v) is 6.74. The first kappa shape index (κ1) is 15.2. The van der Waals surface area contributed by atoms with Crippen molar-refractivity contribution in [2.45, 2.75) is 11.7 Å². The maximum absolute atomic E-state index is 11.5. The van der Waals surface area contributed by atoms with Crippen LogP contribution in [0.1, 0.15) is 0 Å². The second-order valence-electron chi connectivity index (χ2n) is 3.87. The van der Waals surface area contributed by atoms with Crippen molar-refractivity contribution in [3.63, 3.8) is 0 Å². The molecule has 0 spiro atoms. The van der Waals surface area contributed by atoms with Crippen LogP contribution in [0.3, 0.4) is 0 Å². The summed E-state index contributed by atoms with van der Waals surface area (Å²) < 4.78 is 29.4. The van der Waals surface area contributed by atoms with Crippen LogP contribution in [0.2, 0.25) is 5.02 Å². The second kappa shape index (κ2) is 6.09. The Hall–Kier alpha value is -1.15. The van der Waals surface area contributed by atoms with Crippen LogP contribution in [0, 0.1) is 0 Å². The van der Waals surface area contributed by atoms with E-state index in [-0.39, 0.29) is 18.3 Å². The molecule has 0 saturated heterocycles. The van der Waals surface area contributed by atoms with Gasteiger partial charge in [0, 0.05) is 23.4 Å². The fraction of sp³-hybridized carbons (Fsp3) is 0.273. The summed E-state index contributed by atoms with van der Waals surface area (Å²) in [5, 5.41) is 7.63. The fourth-order valence-electron chi connectivity index (χ4n) is 1.70. The molecule has 0 aliphatic rings. The Morgan fingerprint density at radius 1 is 1.30 bits per heavy atom. The Morgan fingerprint density at radius 3 is 2.60 bits per heavy atom. The average Bonchev–Trinajstić information content (AvgIpc) is 2.80. The van der Waals surface area contributed by atoms with Gasteiger partial charge in [-0.15, -0.1) is 10.2 Å². The Labute approximate surface area is 125 Å². The third-order valence-corrected chi connectivity index (χ3v) is 4.05. The quantitative estimate of drug-likeness (QED) is 0.783. The molecule has 0 amide bonds. The van der Waals surface area contributed by atoms with Gasteiger partial charge in [0.1, 0.15) is 0 Å². The highest BCUT2D eigenvalue weighted by Crippen LogP contribution is 2.28. The van der Waals surface area contributed by atoms with E-state index >= 15 is 0 Å². The van der Waals surface area contributed by atoms with Gasteiger partial charge in [-0.1, -0.05) is 23.7 Å². The van der Waals surface area contributed by atoms with Crippen molar-refractivity contribution in [2.75, 3.05) is 13.7 Å². The van der Waals surface area contributed by atoms with Crippen LogP contribution in [-0.2, 0) is 20.3 Å². The fourth-order valence-corrected chi connectivity index (χ4v) is 2.84. The predicted octanol–water partition coefficient (Wildman–Crippen LogP) is 2.17. The molecule has 20 heavy (non-hydrogen) atoms. The number of benzene rings is 1. The van der Waals surface area contributed by atoms with Gasteiger partial charge in [0.15, 0.2) is 5.82 Å². The molecule has 0 aliphatic carbocycles. The molecule has 1 heterocycles. The predicted molar refractivity (Wildman–Crippen MR) is 75.4 cm³/mol. The lowest BCUT2D eigenvalue weighted by Gasteiger charge is -2.09. The SMILES string of the molecule is COCCn1c(-c2ccccc2Cl)nnc1S(=O)(=O)Cl. The Morgan fingerprint density at radius 2 is 2.00 bits per heavy atom. The molecule has 1 aromatic heterocycles. The summed E-state index contributed by atoms with van der Waals surface area (Å²) in [4.78, 5) is 0. The molecule has 0 fully saturated rings. The van der Waals surface area contributed by atoms with Crippen LogP contribution in [0.15, 0.2) is 29.4 Å². The zero-order chi connectivity index (χ0) is 14.8. The van der Waals surface area contributed by atoms with E-state index in [9.17, 15) is 8.42 Å². The normalized spacial score (nSPS) is 11.8. The number of methoxy groups -OCH3 is 1. The Kier molecular flexibility index (Phi) is 4.64. The average molecular weight is 336 g/mol. The molecule has 0 saturated carbocycles. The lowest BCUT2D eigenvalue weighted by molar-refractivity contribution is 0.185. The monoisotopic (exact) mass is 335 g/mol. The number of nitrogens with zero attached hydrogens (tertiary/aromatic N) is 3. The highest BCUT2D eigenvalue weighted by Gasteiger charge is 2.24. The van der Waals surface area contributed by atoms with E-state index in [1.54, 1.807) is 24.3 Å².